The molecule has 4 rings (SSSR count). The molecule has 0 saturated heterocycles. The first-order valence-electron chi connectivity index (χ1n) is 6.87. The zero-order valence-electron chi connectivity index (χ0n) is 11.8. The Morgan fingerprint density at radius 2 is 1.83 bits per heavy atom. The number of hydrogen-bond acceptors (Lipinski definition) is 5. The van der Waals surface area contributed by atoms with E-state index in [-0.39, 0.29) is 12.5 Å². The molecule has 2 aliphatic heterocycles. The Morgan fingerprint density at radius 3 is 2.65 bits per heavy atom. The largest absolute Gasteiger partial charge is 0.454 e. The third kappa shape index (κ3) is 2.73. The van der Waals surface area contributed by atoms with Gasteiger partial charge in [0.05, 0.1) is 0 Å². The van der Waals surface area contributed by atoms with Gasteiger partial charge in [-0.05, 0) is 48.0 Å². The summed E-state index contributed by atoms with van der Waals surface area (Å²) >= 11 is 3.37. The van der Waals surface area contributed by atoms with Crippen molar-refractivity contribution in [2.24, 2.45) is 4.99 Å². The van der Waals surface area contributed by atoms with E-state index in [0.717, 1.165) is 15.6 Å². The molecule has 0 aromatic heterocycles. The number of benzene rings is 2. The van der Waals surface area contributed by atoms with Crippen LogP contribution in [0.1, 0.15) is 11.1 Å². The second-order valence-corrected chi connectivity index (χ2v) is 5.87. The van der Waals surface area contributed by atoms with Gasteiger partial charge in [0.2, 0.25) is 12.7 Å². The van der Waals surface area contributed by atoms with Crippen LogP contribution < -0.4 is 9.47 Å². The highest BCUT2D eigenvalue weighted by Crippen LogP contribution is 2.33. The summed E-state index contributed by atoms with van der Waals surface area (Å²) in [5, 5.41) is 0. The van der Waals surface area contributed by atoms with E-state index in [1.807, 2.05) is 30.3 Å². The van der Waals surface area contributed by atoms with E-state index in [0.29, 0.717) is 17.4 Å². The van der Waals surface area contributed by atoms with Gasteiger partial charge in [0, 0.05) is 10.0 Å². The second-order valence-electron chi connectivity index (χ2n) is 4.96. The Labute approximate surface area is 140 Å². The number of cyclic esters (lactones) is 1. The van der Waals surface area contributed by atoms with Crippen molar-refractivity contribution < 1.29 is 19.0 Å². The lowest BCUT2D eigenvalue weighted by atomic mass is 10.1. The van der Waals surface area contributed by atoms with Crippen LogP contribution in [0.25, 0.3) is 6.08 Å². The Kier molecular flexibility index (Phi) is 3.38. The highest BCUT2D eigenvalue weighted by atomic mass is 79.9. The van der Waals surface area contributed by atoms with Crippen LogP contribution in [-0.2, 0) is 9.53 Å². The van der Waals surface area contributed by atoms with Gasteiger partial charge < -0.3 is 14.2 Å². The number of nitrogens with zero attached hydrogens (tertiary/aromatic N) is 1. The maximum absolute atomic E-state index is 12.0. The maximum atomic E-state index is 12.0. The Bertz CT molecular complexity index is 855. The fourth-order valence-corrected chi connectivity index (χ4v) is 2.55. The molecular formula is C17H10BrNO4. The molecule has 0 spiro atoms. The minimum absolute atomic E-state index is 0.212. The molecule has 0 aliphatic carbocycles. The molecule has 23 heavy (non-hydrogen) atoms. The molecule has 0 saturated carbocycles. The molecule has 0 fully saturated rings. The summed E-state index contributed by atoms with van der Waals surface area (Å²) < 4.78 is 16.8. The minimum atomic E-state index is -0.472. The predicted octanol–water partition coefficient (Wildman–Crippen LogP) is 3.52. The van der Waals surface area contributed by atoms with E-state index in [9.17, 15) is 4.79 Å². The molecule has 2 aromatic carbocycles. The van der Waals surface area contributed by atoms with E-state index >= 15 is 0 Å². The number of halogens is 1. The van der Waals surface area contributed by atoms with E-state index < -0.39 is 5.97 Å². The van der Waals surface area contributed by atoms with Gasteiger partial charge in [0.1, 0.15) is 0 Å². The number of aliphatic imine (C=N–C) groups is 1. The van der Waals surface area contributed by atoms with Gasteiger partial charge >= 0.3 is 5.97 Å². The van der Waals surface area contributed by atoms with Crippen LogP contribution in [-0.4, -0.2) is 18.7 Å². The van der Waals surface area contributed by atoms with Gasteiger partial charge in [-0.2, -0.15) is 0 Å². The number of fused-ring (bicyclic) bond motifs is 1. The molecule has 0 radical (unpaired) electrons. The van der Waals surface area contributed by atoms with Crippen molar-refractivity contribution in [3.05, 3.63) is 63.8 Å². The highest BCUT2D eigenvalue weighted by molar-refractivity contribution is 9.10. The number of carbonyl (C=O) groups excluding carboxylic acids is 1. The fourth-order valence-electron chi connectivity index (χ4n) is 2.29. The van der Waals surface area contributed by atoms with Crippen LogP contribution in [0.5, 0.6) is 11.5 Å². The molecule has 5 nitrogen and oxygen atoms in total. The number of carbonyl (C=O) groups is 1. The fraction of sp³-hybridized carbons (Fsp3) is 0.0588. The lowest BCUT2D eigenvalue weighted by Crippen LogP contribution is -2.05. The summed E-state index contributed by atoms with van der Waals surface area (Å²) in [4.78, 5) is 16.3. The summed E-state index contributed by atoms with van der Waals surface area (Å²) in [5.74, 6) is 1.18. The van der Waals surface area contributed by atoms with Gasteiger partial charge in [-0.15, -0.1) is 0 Å². The first-order chi connectivity index (χ1) is 11.2. The molecule has 0 bridgehead atoms. The molecule has 0 amide bonds. The average Bonchev–Trinajstić information content (AvgIpc) is 3.15. The molecule has 0 N–H and O–H groups in total. The molecule has 114 valence electrons. The van der Waals surface area contributed by atoms with Crippen molar-refractivity contribution in [1.29, 1.82) is 0 Å². The normalized spacial score (nSPS) is 17.3. The summed E-state index contributed by atoms with van der Waals surface area (Å²) in [7, 11) is 0. The SMILES string of the molecule is O=C1OC(c2ccc(Br)cc2)=NC1=Cc1ccc2c(c1)OCO2. The maximum Gasteiger partial charge on any atom is 0.363 e. The smallest absolute Gasteiger partial charge is 0.363 e. The summed E-state index contributed by atoms with van der Waals surface area (Å²) in [6, 6.07) is 12.8. The zero-order chi connectivity index (χ0) is 15.8. The van der Waals surface area contributed by atoms with Crippen LogP contribution >= 0.6 is 15.9 Å². The van der Waals surface area contributed by atoms with Crippen LogP contribution in [0, 0.1) is 0 Å². The minimum Gasteiger partial charge on any atom is -0.454 e. The van der Waals surface area contributed by atoms with Crippen LogP contribution in [0.4, 0.5) is 0 Å². The lowest BCUT2D eigenvalue weighted by molar-refractivity contribution is -0.129. The predicted molar refractivity (Wildman–Crippen MR) is 87.3 cm³/mol. The van der Waals surface area contributed by atoms with Crippen LogP contribution in [0.15, 0.2) is 57.6 Å². The van der Waals surface area contributed by atoms with Gasteiger partial charge in [0.15, 0.2) is 17.2 Å². The van der Waals surface area contributed by atoms with Gasteiger partial charge in [0.25, 0.3) is 0 Å². The van der Waals surface area contributed by atoms with Crippen molar-refractivity contribution in [2.75, 3.05) is 6.79 Å². The zero-order valence-corrected chi connectivity index (χ0v) is 13.4. The molecule has 2 aliphatic rings. The summed E-state index contributed by atoms with van der Waals surface area (Å²) in [6.07, 6.45) is 1.66. The summed E-state index contributed by atoms with van der Waals surface area (Å²) in [5.41, 5.74) is 1.79. The van der Waals surface area contributed by atoms with E-state index in [1.54, 1.807) is 18.2 Å². The van der Waals surface area contributed by atoms with Crippen molar-refractivity contribution in [1.82, 2.24) is 0 Å². The lowest BCUT2D eigenvalue weighted by Gasteiger charge is -1.98. The molecule has 6 heteroatoms. The van der Waals surface area contributed by atoms with Gasteiger partial charge in [-0.25, -0.2) is 9.79 Å². The highest BCUT2D eigenvalue weighted by Gasteiger charge is 2.24. The Morgan fingerprint density at radius 1 is 1.04 bits per heavy atom. The van der Waals surface area contributed by atoms with Gasteiger partial charge in [-0.1, -0.05) is 22.0 Å². The molecule has 2 heterocycles. The van der Waals surface area contributed by atoms with Crippen molar-refractivity contribution >= 4 is 33.9 Å². The van der Waals surface area contributed by atoms with E-state index in [2.05, 4.69) is 20.9 Å². The monoisotopic (exact) mass is 371 g/mol. The number of rotatable bonds is 2. The number of ether oxygens (including phenoxy) is 3. The van der Waals surface area contributed by atoms with Crippen molar-refractivity contribution in [2.45, 2.75) is 0 Å². The first kappa shape index (κ1) is 14.0. The quantitative estimate of drug-likeness (QED) is 0.598. The first-order valence-corrected chi connectivity index (χ1v) is 7.66. The van der Waals surface area contributed by atoms with Crippen molar-refractivity contribution in [3.8, 4) is 11.5 Å². The topological polar surface area (TPSA) is 57.1 Å². The van der Waals surface area contributed by atoms with E-state index in [1.165, 1.54) is 0 Å². The number of hydrogen-bond donors (Lipinski definition) is 0. The van der Waals surface area contributed by atoms with Crippen molar-refractivity contribution in [3.63, 3.8) is 0 Å². The molecule has 2 aromatic rings. The Balaban J connectivity index is 1.65. The number of esters is 1. The third-order valence-corrected chi connectivity index (χ3v) is 3.94. The summed E-state index contributed by atoms with van der Waals surface area (Å²) in [6.45, 7) is 0.212. The molecule has 0 atom stereocenters. The molecular weight excluding hydrogens is 362 g/mol. The average molecular weight is 372 g/mol. The van der Waals surface area contributed by atoms with Crippen LogP contribution in [0.2, 0.25) is 0 Å². The Hall–Kier alpha value is -2.60. The second kappa shape index (κ2) is 5.55. The molecule has 0 unspecified atom stereocenters. The van der Waals surface area contributed by atoms with Gasteiger partial charge in [-0.3, -0.25) is 0 Å². The standard InChI is InChI=1S/C17H10BrNO4/c18-12-4-2-11(3-5-12)16-19-13(17(20)23-16)7-10-1-6-14-15(8-10)22-9-21-14/h1-8H,9H2. The van der Waals surface area contributed by atoms with E-state index in [4.69, 9.17) is 14.2 Å². The van der Waals surface area contributed by atoms with Crippen LogP contribution in [0.3, 0.4) is 0 Å². The third-order valence-electron chi connectivity index (χ3n) is 3.41.